The van der Waals surface area contributed by atoms with Crippen molar-refractivity contribution in [2.75, 3.05) is 19.5 Å². The number of halogens is 1. The molecule has 1 aromatic carbocycles. The minimum absolute atomic E-state index is 0.451. The van der Waals surface area contributed by atoms with Gasteiger partial charge in [0.1, 0.15) is 11.5 Å². The van der Waals surface area contributed by atoms with Crippen molar-refractivity contribution in [3.05, 3.63) is 23.3 Å². The third-order valence-corrected chi connectivity index (χ3v) is 6.28. The van der Waals surface area contributed by atoms with Gasteiger partial charge in [0.25, 0.3) is 0 Å². The van der Waals surface area contributed by atoms with Gasteiger partial charge in [0.2, 0.25) is 0 Å². The molecule has 100 valence electrons. The van der Waals surface area contributed by atoms with E-state index in [-0.39, 0.29) is 0 Å². The van der Waals surface area contributed by atoms with Crippen molar-refractivity contribution in [2.45, 2.75) is 30.3 Å². The zero-order chi connectivity index (χ0) is 13.3. The van der Waals surface area contributed by atoms with Crippen LogP contribution in [0.15, 0.2) is 12.1 Å². The summed E-state index contributed by atoms with van der Waals surface area (Å²) in [6.07, 6.45) is 0. The Morgan fingerprint density at radius 1 is 1.22 bits per heavy atom. The molecule has 1 aromatic rings. The number of methoxy groups -OCH3 is 2. The van der Waals surface area contributed by atoms with Crippen molar-refractivity contribution in [2.24, 2.45) is 0 Å². The highest BCUT2D eigenvalue weighted by molar-refractivity contribution is 9.09. The summed E-state index contributed by atoms with van der Waals surface area (Å²) in [7, 11) is 3.43. The molecule has 0 amide bonds. The highest BCUT2D eigenvalue weighted by Crippen LogP contribution is 2.51. The lowest BCUT2D eigenvalue weighted by atomic mass is 9.90. The van der Waals surface area contributed by atoms with Crippen LogP contribution >= 0.6 is 27.7 Å². The van der Waals surface area contributed by atoms with Crippen LogP contribution in [0, 0.1) is 0 Å². The highest BCUT2D eigenvalue weighted by Gasteiger charge is 2.33. The fraction of sp³-hybridized carbons (Fsp3) is 0.571. The van der Waals surface area contributed by atoms with Crippen LogP contribution in [-0.2, 0) is 0 Å². The summed E-state index contributed by atoms with van der Waals surface area (Å²) < 4.78 is 10.9. The molecule has 0 spiro atoms. The van der Waals surface area contributed by atoms with E-state index in [1.807, 2.05) is 17.8 Å². The third kappa shape index (κ3) is 2.37. The van der Waals surface area contributed by atoms with Gasteiger partial charge >= 0.3 is 0 Å². The Balaban J connectivity index is 2.59. The van der Waals surface area contributed by atoms with Crippen LogP contribution in [0.4, 0.5) is 0 Å². The summed E-state index contributed by atoms with van der Waals surface area (Å²) in [5, 5.41) is 2.01. The van der Waals surface area contributed by atoms with Crippen molar-refractivity contribution in [1.82, 2.24) is 0 Å². The van der Waals surface area contributed by atoms with Gasteiger partial charge in [-0.05, 0) is 17.5 Å². The Hall–Kier alpha value is -0.350. The molecule has 3 unspecified atom stereocenters. The fourth-order valence-corrected chi connectivity index (χ4v) is 4.58. The summed E-state index contributed by atoms with van der Waals surface area (Å²) in [5.74, 6) is 2.34. The number of alkyl halides is 1. The zero-order valence-corrected chi connectivity index (χ0v) is 13.6. The van der Waals surface area contributed by atoms with E-state index in [9.17, 15) is 0 Å². The van der Waals surface area contributed by atoms with Crippen LogP contribution in [-0.4, -0.2) is 24.8 Å². The Morgan fingerprint density at radius 2 is 1.94 bits per heavy atom. The van der Waals surface area contributed by atoms with Gasteiger partial charge in [-0.2, -0.15) is 0 Å². The first-order chi connectivity index (χ1) is 8.62. The molecule has 1 heterocycles. The van der Waals surface area contributed by atoms with E-state index < -0.39 is 0 Å². The fourth-order valence-electron chi connectivity index (χ4n) is 2.44. The van der Waals surface area contributed by atoms with Crippen molar-refractivity contribution in [1.29, 1.82) is 0 Å². The minimum Gasteiger partial charge on any atom is -0.497 e. The molecule has 0 saturated carbocycles. The topological polar surface area (TPSA) is 18.5 Å². The molecule has 0 N–H and O–H groups in total. The summed E-state index contributed by atoms with van der Waals surface area (Å²) in [5.41, 5.74) is 2.69. The van der Waals surface area contributed by atoms with E-state index in [0.29, 0.717) is 16.4 Å². The number of rotatable bonds is 3. The first-order valence-electron chi connectivity index (χ1n) is 6.09. The van der Waals surface area contributed by atoms with Gasteiger partial charge in [-0.15, -0.1) is 11.8 Å². The Kier molecular flexibility index (Phi) is 4.49. The molecule has 3 atom stereocenters. The summed E-state index contributed by atoms with van der Waals surface area (Å²) in [6.45, 7) is 4.57. The van der Waals surface area contributed by atoms with Gasteiger partial charge < -0.3 is 9.47 Å². The largest absolute Gasteiger partial charge is 0.497 e. The second kappa shape index (κ2) is 5.74. The normalized spacial score (nSPS) is 26.6. The monoisotopic (exact) mass is 330 g/mol. The van der Waals surface area contributed by atoms with E-state index in [1.165, 1.54) is 11.1 Å². The Labute approximate surface area is 122 Å². The number of thioether (sulfide) groups is 1. The lowest BCUT2D eigenvalue weighted by Crippen LogP contribution is -2.21. The smallest absolute Gasteiger partial charge is 0.127 e. The number of benzene rings is 1. The van der Waals surface area contributed by atoms with Crippen molar-refractivity contribution in [3.8, 4) is 11.5 Å². The quantitative estimate of drug-likeness (QED) is 0.766. The zero-order valence-electron chi connectivity index (χ0n) is 11.2. The molecular weight excluding hydrogens is 312 g/mol. The maximum atomic E-state index is 5.56. The van der Waals surface area contributed by atoms with E-state index in [4.69, 9.17) is 9.47 Å². The maximum Gasteiger partial charge on any atom is 0.127 e. The van der Waals surface area contributed by atoms with Crippen LogP contribution in [0.2, 0.25) is 0 Å². The molecule has 0 bridgehead atoms. The van der Waals surface area contributed by atoms with Gasteiger partial charge in [0, 0.05) is 27.5 Å². The molecule has 0 radical (unpaired) electrons. The maximum absolute atomic E-state index is 5.56. The number of hydrogen-bond acceptors (Lipinski definition) is 3. The van der Waals surface area contributed by atoms with E-state index in [0.717, 1.165) is 16.8 Å². The molecular formula is C14H19BrO2S. The summed E-state index contributed by atoms with van der Waals surface area (Å²) >= 11 is 5.63. The molecule has 0 fully saturated rings. The van der Waals surface area contributed by atoms with Crippen LogP contribution in [0.3, 0.4) is 0 Å². The lowest BCUT2D eigenvalue weighted by molar-refractivity contribution is 0.388. The van der Waals surface area contributed by atoms with Gasteiger partial charge in [-0.25, -0.2) is 0 Å². The van der Waals surface area contributed by atoms with Gasteiger partial charge in [0.15, 0.2) is 0 Å². The Bertz CT molecular complexity index is 436. The average Bonchev–Trinajstić information content (AvgIpc) is 2.41. The van der Waals surface area contributed by atoms with Crippen molar-refractivity contribution < 1.29 is 9.47 Å². The first kappa shape index (κ1) is 14.1. The molecule has 1 aliphatic rings. The second-order valence-corrected chi connectivity index (χ2v) is 6.84. The average molecular weight is 331 g/mol. The van der Waals surface area contributed by atoms with Gasteiger partial charge in [0.05, 0.1) is 14.2 Å². The third-order valence-electron chi connectivity index (χ3n) is 3.64. The summed E-state index contributed by atoms with van der Waals surface area (Å²) in [6, 6.07) is 4.14. The molecule has 4 heteroatoms. The predicted molar refractivity (Wildman–Crippen MR) is 81.5 cm³/mol. The predicted octanol–water partition coefficient (Wildman–Crippen LogP) is 4.38. The SMILES string of the molecule is COc1cc(OC)c2c(c1)C(C)C(C)SC2CBr. The molecule has 2 rings (SSSR count). The molecule has 0 aliphatic carbocycles. The lowest BCUT2D eigenvalue weighted by Gasteiger charge is -2.34. The number of hydrogen-bond donors (Lipinski definition) is 0. The highest BCUT2D eigenvalue weighted by atomic mass is 79.9. The van der Waals surface area contributed by atoms with Crippen LogP contribution < -0.4 is 9.47 Å². The van der Waals surface area contributed by atoms with Gasteiger partial charge in [-0.1, -0.05) is 29.8 Å². The minimum atomic E-state index is 0.451. The van der Waals surface area contributed by atoms with Crippen molar-refractivity contribution in [3.63, 3.8) is 0 Å². The number of fused-ring (bicyclic) bond motifs is 1. The first-order valence-corrected chi connectivity index (χ1v) is 8.16. The molecule has 1 aliphatic heterocycles. The molecule has 18 heavy (non-hydrogen) atoms. The van der Waals surface area contributed by atoms with Crippen LogP contribution in [0.1, 0.15) is 36.1 Å². The van der Waals surface area contributed by atoms with Crippen LogP contribution in [0.5, 0.6) is 11.5 Å². The number of ether oxygens (including phenoxy) is 2. The van der Waals surface area contributed by atoms with Gasteiger partial charge in [-0.3, -0.25) is 0 Å². The standard InChI is InChI=1S/C14H19BrO2S/c1-8-9(2)18-13(7-15)14-11(8)5-10(16-3)6-12(14)17-4/h5-6,8-9,13H,7H2,1-4H3. The van der Waals surface area contributed by atoms with Crippen LogP contribution in [0.25, 0.3) is 0 Å². The molecule has 2 nitrogen and oxygen atoms in total. The van der Waals surface area contributed by atoms with E-state index >= 15 is 0 Å². The Morgan fingerprint density at radius 3 is 2.50 bits per heavy atom. The molecule has 0 aromatic heterocycles. The van der Waals surface area contributed by atoms with E-state index in [1.54, 1.807) is 14.2 Å². The summed E-state index contributed by atoms with van der Waals surface area (Å²) in [4.78, 5) is 0. The van der Waals surface area contributed by atoms with Crippen molar-refractivity contribution >= 4 is 27.7 Å². The van der Waals surface area contributed by atoms with E-state index in [2.05, 4.69) is 35.8 Å². The molecule has 0 saturated heterocycles. The second-order valence-electron chi connectivity index (χ2n) is 4.61.